The number of nitrogens with zero attached hydrogens (tertiary/aromatic N) is 2. The van der Waals surface area contributed by atoms with E-state index in [1.807, 2.05) is 13.8 Å². The maximum absolute atomic E-state index is 11.9. The molecule has 0 amide bonds. The Morgan fingerprint density at radius 2 is 2.19 bits per heavy atom. The van der Waals surface area contributed by atoms with Gasteiger partial charge in [0.05, 0.1) is 30.5 Å². The molecule has 0 aromatic carbocycles. The van der Waals surface area contributed by atoms with E-state index in [1.54, 1.807) is 11.6 Å². The lowest BCUT2D eigenvalue weighted by atomic mass is 9.78. The molecule has 0 saturated heterocycles. The van der Waals surface area contributed by atoms with Gasteiger partial charge >= 0.3 is 11.9 Å². The Morgan fingerprint density at radius 1 is 1.48 bits per heavy atom. The van der Waals surface area contributed by atoms with Crippen LogP contribution in [-0.2, 0) is 9.53 Å². The third-order valence-corrected chi connectivity index (χ3v) is 4.35. The van der Waals surface area contributed by atoms with E-state index in [-0.39, 0.29) is 29.4 Å². The quantitative estimate of drug-likeness (QED) is 0.862. The van der Waals surface area contributed by atoms with Crippen LogP contribution in [0.1, 0.15) is 55.2 Å². The van der Waals surface area contributed by atoms with Crippen molar-refractivity contribution >= 4 is 11.9 Å². The number of hydrogen-bond acceptors (Lipinski definition) is 4. The van der Waals surface area contributed by atoms with Gasteiger partial charge in [0.25, 0.3) is 0 Å². The zero-order valence-electron chi connectivity index (χ0n) is 12.7. The van der Waals surface area contributed by atoms with Crippen LogP contribution < -0.4 is 0 Å². The molecule has 0 spiro atoms. The summed E-state index contributed by atoms with van der Waals surface area (Å²) in [6, 6.07) is 0.152. The molecule has 1 saturated carbocycles. The number of ether oxygens (including phenoxy) is 1. The zero-order valence-corrected chi connectivity index (χ0v) is 12.7. The third-order valence-electron chi connectivity index (χ3n) is 4.35. The standard InChI is InChI=1S/C15H22N2O4/c1-4-21-15(20)12-6-5-11(7-9(12)2)17-10(3)13(8-16-17)14(18)19/h8-9,11-12H,4-7H2,1-3H3,(H,18,19)/t9-,11+,12-/m1/s1. The van der Waals surface area contributed by atoms with Crippen molar-refractivity contribution in [1.29, 1.82) is 0 Å². The molecule has 0 aliphatic heterocycles. The van der Waals surface area contributed by atoms with Gasteiger partial charge in [-0.1, -0.05) is 6.92 Å². The first-order valence-corrected chi connectivity index (χ1v) is 7.39. The fraction of sp³-hybridized carbons (Fsp3) is 0.667. The molecule has 0 unspecified atom stereocenters. The molecule has 6 nitrogen and oxygen atoms in total. The lowest BCUT2D eigenvalue weighted by Crippen LogP contribution is -2.32. The first kappa shape index (κ1) is 15.5. The van der Waals surface area contributed by atoms with E-state index in [9.17, 15) is 9.59 Å². The van der Waals surface area contributed by atoms with Crippen molar-refractivity contribution < 1.29 is 19.4 Å². The molecule has 1 aliphatic rings. The molecule has 1 aromatic rings. The summed E-state index contributed by atoms with van der Waals surface area (Å²) in [7, 11) is 0. The predicted molar refractivity (Wildman–Crippen MR) is 76.1 cm³/mol. The number of carbonyl (C=O) groups is 2. The second-order valence-electron chi connectivity index (χ2n) is 5.70. The van der Waals surface area contributed by atoms with Crippen LogP contribution in [-0.4, -0.2) is 33.4 Å². The maximum Gasteiger partial charge on any atom is 0.339 e. The lowest BCUT2D eigenvalue weighted by molar-refractivity contribution is -0.151. The summed E-state index contributed by atoms with van der Waals surface area (Å²) < 4.78 is 6.91. The van der Waals surface area contributed by atoms with Crippen molar-refractivity contribution in [2.45, 2.75) is 46.1 Å². The van der Waals surface area contributed by atoms with E-state index < -0.39 is 5.97 Å². The molecule has 6 heteroatoms. The van der Waals surface area contributed by atoms with Crippen LogP contribution in [0, 0.1) is 18.8 Å². The van der Waals surface area contributed by atoms with Gasteiger partial charge in [0.1, 0.15) is 5.56 Å². The SMILES string of the molecule is CCOC(=O)[C@@H]1CC[C@H](n2ncc(C(=O)O)c2C)C[C@H]1C. The molecular formula is C15H22N2O4. The number of carbonyl (C=O) groups excluding carboxylic acids is 1. The summed E-state index contributed by atoms with van der Waals surface area (Å²) in [6.45, 7) is 6.05. The largest absolute Gasteiger partial charge is 0.478 e. The Bertz CT molecular complexity index is 538. The zero-order chi connectivity index (χ0) is 15.6. The molecule has 1 heterocycles. The van der Waals surface area contributed by atoms with Gasteiger partial charge < -0.3 is 9.84 Å². The Kier molecular flexibility index (Phi) is 4.65. The van der Waals surface area contributed by atoms with Crippen LogP contribution in [0.2, 0.25) is 0 Å². The Hall–Kier alpha value is -1.85. The fourth-order valence-electron chi connectivity index (χ4n) is 3.19. The number of carboxylic acids is 1. The minimum atomic E-state index is -0.952. The van der Waals surface area contributed by atoms with Gasteiger partial charge in [0.15, 0.2) is 0 Å². The number of esters is 1. The Morgan fingerprint density at radius 3 is 2.71 bits per heavy atom. The highest BCUT2D eigenvalue weighted by atomic mass is 16.5. The first-order valence-electron chi connectivity index (χ1n) is 7.39. The van der Waals surface area contributed by atoms with E-state index in [1.165, 1.54) is 6.20 Å². The van der Waals surface area contributed by atoms with Gasteiger partial charge in [0, 0.05) is 0 Å². The van der Waals surface area contributed by atoms with Crippen molar-refractivity contribution in [2.75, 3.05) is 6.61 Å². The summed E-state index contributed by atoms with van der Waals surface area (Å²) >= 11 is 0. The second kappa shape index (κ2) is 6.28. The summed E-state index contributed by atoms with van der Waals surface area (Å²) in [4.78, 5) is 23.0. The second-order valence-corrected chi connectivity index (χ2v) is 5.70. The fourth-order valence-corrected chi connectivity index (χ4v) is 3.19. The highest BCUT2D eigenvalue weighted by molar-refractivity contribution is 5.88. The van der Waals surface area contributed by atoms with Crippen LogP contribution in [0.3, 0.4) is 0 Å². The van der Waals surface area contributed by atoms with E-state index in [0.717, 1.165) is 19.3 Å². The van der Waals surface area contributed by atoms with Crippen molar-refractivity contribution in [3.8, 4) is 0 Å². The summed E-state index contributed by atoms with van der Waals surface area (Å²) in [5, 5.41) is 13.3. The Balaban J connectivity index is 2.09. The highest BCUT2D eigenvalue weighted by Gasteiger charge is 2.35. The van der Waals surface area contributed by atoms with Gasteiger partial charge in [-0.05, 0) is 39.0 Å². The van der Waals surface area contributed by atoms with Gasteiger partial charge in [-0.25, -0.2) is 4.79 Å². The molecule has 21 heavy (non-hydrogen) atoms. The maximum atomic E-state index is 11.9. The molecule has 3 atom stereocenters. The highest BCUT2D eigenvalue weighted by Crippen LogP contribution is 2.37. The van der Waals surface area contributed by atoms with Crippen molar-refractivity contribution in [2.24, 2.45) is 11.8 Å². The van der Waals surface area contributed by atoms with E-state index in [2.05, 4.69) is 5.10 Å². The van der Waals surface area contributed by atoms with Crippen LogP contribution in [0.15, 0.2) is 6.20 Å². The first-order chi connectivity index (χ1) is 9.95. The smallest absolute Gasteiger partial charge is 0.339 e. The topological polar surface area (TPSA) is 81.4 Å². The minimum Gasteiger partial charge on any atom is -0.478 e. The number of rotatable bonds is 4. The molecule has 1 aromatic heterocycles. The molecule has 0 radical (unpaired) electrons. The van der Waals surface area contributed by atoms with E-state index in [4.69, 9.17) is 9.84 Å². The number of aromatic nitrogens is 2. The van der Waals surface area contributed by atoms with Crippen LogP contribution in [0.5, 0.6) is 0 Å². The van der Waals surface area contributed by atoms with Crippen LogP contribution in [0.4, 0.5) is 0 Å². The van der Waals surface area contributed by atoms with Crippen molar-refractivity contribution in [3.05, 3.63) is 17.5 Å². The van der Waals surface area contributed by atoms with Crippen LogP contribution >= 0.6 is 0 Å². The number of hydrogen-bond donors (Lipinski definition) is 1. The molecule has 0 bridgehead atoms. The summed E-state index contributed by atoms with van der Waals surface area (Å²) in [6.07, 6.45) is 3.78. The molecule has 1 aliphatic carbocycles. The van der Waals surface area contributed by atoms with E-state index >= 15 is 0 Å². The molecule has 116 valence electrons. The Labute approximate surface area is 124 Å². The van der Waals surface area contributed by atoms with Crippen molar-refractivity contribution in [1.82, 2.24) is 9.78 Å². The predicted octanol–water partition coefficient (Wildman–Crippen LogP) is 2.43. The average molecular weight is 294 g/mol. The molecule has 1 N–H and O–H groups in total. The van der Waals surface area contributed by atoms with Crippen molar-refractivity contribution in [3.63, 3.8) is 0 Å². The van der Waals surface area contributed by atoms with Gasteiger partial charge in [0.2, 0.25) is 0 Å². The summed E-state index contributed by atoms with van der Waals surface area (Å²) in [5.41, 5.74) is 0.921. The monoisotopic (exact) mass is 294 g/mol. The molecule has 2 rings (SSSR count). The number of aromatic carboxylic acids is 1. The molecule has 1 fully saturated rings. The van der Waals surface area contributed by atoms with E-state index in [0.29, 0.717) is 12.3 Å². The normalized spacial score (nSPS) is 25.6. The molecular weight excluding hydrogens is 272 g/mol. The van der Waals surface area contributed by atoms with Gasteiger partial charge in [-0.15, -0.1) is 0 Å². The lowest BCUT2D eigenvalue weighted by Gasteiger charge is -2.33. The minimum absolute atomic E-state index is 0.0592. The van der Waals surface area contributed by atoms with Crippen LogP contribution in [0.25, 0.3) is 0 Å². The van der Waals surface area contributed by atoms with Gasteiger partial charge in [-0.2, -0.15) is 5.10 Å². The average Bonchev–Trinajstić information content (AvgIpc) is 2.80. The van der Waals surface area contributed by atoms with Gasteiger partial charge in [-0.3, -0.25) is 9.48 Å². The number of carboxylic acid groups (broad SMARTS) is 1. The third kappa shape index (κ3) is 3.09. The summed E-state index contributed by atoms with van der Waals surface area (Å²) in [5.74, 6) is -0.922.